The molecule has 1 aliphatic heterocycles. The van der Waals surface area contributed by atoms with Crippen molar-refractivity contribution < 1.29 is 18.3 Å². The highest BCUT2D eigenvalue weighted by molar-refractivity contribution is 7.89. The molecule has 0 aromatic rings. The number of aliphatic hydroxyl groups excluding tert-OH is 1. The summed E-state index contributed by atoms with van der Waals surface area (Å²) in [5.41, 5.74) is 0. The maximum Gasteiger partial charge on any atom is 0.216 e. The lowest BCUT2D eigenvalue weighted by atomic mass is 10.1. The molecule has 1 fully saturated rings. The lowest BCUT2D eigenvalue weighted by Crippen LogP contribution is -2.43. The summed E-state index contributed by atoms with van der Waals surface area (Å²) < 4.78 is 29.3. The van der Waals surface area contributed by atoms with Crippen LogP contribution in [0.4, 0.5) is 0 Å². The fraction of sp³-hybridized carbons (Fsp3) is 1.00. The lowest BCUT2D eigenvalue weighted by molar-refractivity contribution is 0.107. The zero-order chi connectivity index (χ0) is 10.6. The van der Waals surface area contributed by atoms with Crippen LogP contribution in [-0.4, -0.2) is 56.5 Å². The van der Waals surface area contributed by atoms with Crippen molar-refractivity contribution in [2.45, 2.75) is 18.9 Å². The smallest absolute Gasteiger partial charge is 0.216 e. The van der Waals surface area contributed by atoms with Crippen molar-refractivity contribution in [3.05, 3.63) is 0 Å². The molecule has 1 rings (SSSR count). The summed E-state index contributed by atoms with van der Waals surface area (Å²) in [5.74, 6) is -0.00375. The average Bonchev–Trinajstić information content (AvgIpc) is 2.15. The maximum absolute atomic E-state index is 11.6. The third-order valence-electron chi connectivity index (χ3n) is 2.30. The van der Waals surface area contributed by atoms with Crippen LogP contribution in [0.5, 0.6) is 0 Å². The Hall–Kier alpha value is -0.170. The standard InChI is InChI=1S/C8H17NO4S/c1-13-5-6-14(11,12)9-4-2-3-8(10)7-9/h8,10H,2-7H2,1H3/t8-/m0/s1. The van der Waals surface area contributed by atoms with Crippen molar-refractivity contribution in [1.82, 2.24) is 4.31 Å². The molecule has 0 radical (unpaired) electrons. The summed E-state index contributed by atoms with van der Waals surface area (Å²) in [7, 11) is -1.76. The Morgan fingerprint density at radius 1 is 1.57 bits per heavy atom. The van der Waals surface area contributed by atoms with Crippen LogP contribution in [0.2, 0.25) is 0 Å². The molecule has 0 aromatic heterocycles. The van der Waals surface area contributed by atoms with Crippen molar-refractivity contribution in [3.8, 4) is 0 Å². The molecule has 0 spiro atoms. The highest BCUT2D eigenvalue weighted by atomic mass is 32.2. The predicted molar refractivity (Wildman–Crippen MR) is 52.5 cm³/mol. The van der Waals surface area contributed by atoms with Gasteiger partial charge in [-0.15, -0.1) is 0 Å². The Bertz CT molecular complexity index is 265. The lowest BCUT2D eigenvalue weighted by Gasteiger charge is -2.29. The van der Waals surface area contributed by atoms with Crippen LogP contribution < -0.4 is 0 Å². The number of ether oxygens (including phenoxy) is 1. The first-order chi connectivity index (χ1) is 6.56. The fourth-order valence-corrected chi connectivity index (χ4v) is 2.93. The number of hydrogen-bond acceptors (Lipinski definition) is 4. The third kappa shape index (κ3) is 3.20. The molecule has 84 valence electrons. The van der Waals surface area contributed by atoms with E-state index in [1.807, 2.05) is 0 Å². The molecule has 1 N–H and O–H groups in total. The highest BCUT2D eigenvalue weighted by Crippen LogP contribution is 2.13. The van der Waals surface area contributed by atoms with Gasteiger partial charge in [-0.25, -0.2) is 8.42 Å². The minimum atomic E-state index is -3.23. The Morgan fingerprint density at radius 3 is 2.86 bits per heavy atom. The van der Waals surface area contributed by atoms with Crippen LogP contribution in [-0.2, 0) is 14.8 Å². The average molecular weight is 223 g/mol. The molecule has 0 aliphatic carbocycles. The van der Waals surface area contributed by atoms with Gasteiger partial charge in [0.15, 0.2) is 0 Å². The van der Waals surface area contributed by atoms with E-state index in [2.05, 4.69) is 0 Å². The van der Waals surface area contributed by atoms with Crippen molar-refractivity contribution in [2.75, 3.05) is 32.6 Å². The number of methoxy groups -OCH3 is 1. The normalized spacial score (nSPS) is 25.1. The Morgan fingerprint density at radius 2 is 2.29 bits per heavy atom. The van der Waals surface area contributed by atoms with E-state index < -0.39 is 16.1 Å². The Labute approximate surface area is 84.7 Å². The molecule has 0 unspecified atom stereocenters. The minimum Gasteiger partial charge on any atom is -0.392 e. The van der Waals surface area contributed by atoms with Crippen molar-refractivity contribution in [3.63, 3.8) is 0 Å². The van der Waals surface area contributed by atoms with Gasteiger partial charge in [0.1, 0.15) is 0 Å². The molecule has 1 heterocycles. The van der Waals surface area contributed by atoms with Crippen molar-refractivity contribution in [2.24, 2.45) is 0 Å². The van der Waals surface area contributed by atoms with E-state index in [1.165, 1.54) is 11.4 Å². The number of aliphatic hydroxyl groups is 1. The number of rotatable bonds is 4. The molecule has 1 aliphatic rings. The van der Waals surface area contributed by atoms with Crippen LogP contribution in [0.25, 0.3) is 0 Å². The Kier molecular flexibility index (Phi) is 4.31. The number of β-amino-alcohol motifs (C(OH)–C–C–N with tert-alkyl or cyclic N) is 1. The maximum atomic E-state index is 11.6. The molecular weight excluding hydrogens is 206 g/mol. The Balaban J connectivity index is 2.53. The zero-order valence-corrected chi connectivity index (χ0v) is 9.16. The van der Waals surface area contributed by atoms with E-state index in [0.29, 0.717) is 13.0 Å². The molecule has 6 heteroatoms. The molecule has 0 amide bonds. The number of sulfonamides is 1. The number of hydrogen-bond donors (Lipinski definition) is 1. The first-order valence-electron chi connectivity index (χ1n) is 4.71. The van der Waals surface area contributed by atoms with Crippen LogP contribution in [0, 0.1) is 0 Å². The van der Waals surface area contributed by atoms with Crippen LogP contribution in [0.3, 0.4) is 0 Å². The van der Waals surface area contributed by atoms with Crippen molar-refractivity contribution in [1.29, 1.82) is 0 Å². The second-order valence-corrected chi connectivity index (χ2v) is 5.55. The molecule has 5 nitrogen and oxygen atoms in total. The molecule has 0 saturated carbocycles. The quantitative estimate of drug-likeness (QED) is 0.692. The van der Waals surface area contributed by atoms with Gasteiger partial charge in [-0.2, -0.15) is 4.31 Å². The first-order valence-corrected chi connectivity index (χ1v) is 6.32. The van der Waals surface area contributed by atoms with E-state index in [1.54, 1.807) is 0 Å². The van der Waals surface area contributed by atoms with Gasteiger partial charge < -0.3 is 9.84 Å². The van der Waals surface area contributed by atoms with Gasteiger partial charge in [0, 0.05) is 20.2 Å². The van der Waals surface area contributed by atoms with Gasteiger partial charge in [-0.3, -0.25) is 0 Å². The summed E-state index contributed by atoms with van der Waals surface area (Å²) >= 11 is 0. The van der Waals surface area contributed by atoms with Crippen LogP contribution in [0.1, 0.15) is 12.8 Å². The monoisotopic (exact) mass is 223 g/mol. The molecule has 0 bridgehead atoms. The molecular formula is C8H17NO4S. The SMILES string of the molecule is COCCS(=O)(=O)N1CCC[C@H](O)C1. The molecule has 1 atom stereocenters. The fourth-order valence-electron chi connectivity index (χ4n) is 1.49. The van der Waals surface area contributed by atoms with Gasteiger partial charge in [0.05, 0.1) is 18.5 Å². The summed E-state index contributed by atoms with van der Waals surface area (Å²) in [6.07, 6.45) is 0.907. The van der Waals surface area contributed by atoms with Crippen LogP contribution >= 0.6 is 0 Å². The topological polar surface area (TPSA) is 66.8 Å². The molecule has 14 heavy (non-hydrogen) atoms. The van der Waals surface area contributed by atoms with Crippen molar-refractivity contribution >= 4 is 10.0 Å². The molecule has 0 aromatic carbocycles. The van der Waals surface area contributed by atoms with Gasteiger partial charge in [-0.05, 0) is 12.8 Å². The zero-order valence-electron chi connectivity index (χ0n) is 8.35. The predicted octanol–water partition coefficient (Wildman–Crippen LogP) is -0.581. The molecule has 1 saturated heterocycles. The van der Waals surface area contributed by atoms with Gasteiger partial charge >= 0.3 is 0 Å². The van der Waals surface area contributed by atoms with E-state index in [9.17, 15) is 13.5 Å². The van der Waals surface area contributed by atoms with E-state index in [0.717, 1.165) is 6.42 Å². The first kappa shape index (κ1) is 11.9. The van der Waals surface area contributed by atoms with Gasteiger partial charge in [0.2, 0.25) is 10.0 Å². The van der Waals surface area contributed by atoms with E-state index >= 15 is 0 Å². The van der Waals surface area contributed by atoms with Gasteiger partial charge in [-0.1, -0.05) is 0 Å². The summed E-state index contributed by atoms with van der Waals surface area (Å²) in [5, 5.41) is 9.33. The minimum absolute atomic E-state index is 0.00375. The summed E-state index contributed by atoms with van der Waals surface area (Å²) in [6.45, 7) is 0.948. The summed E-state index contributed by atoms with van der Waals surface area (Å²) in [4.78, 5) is 0. The van der Waals surface area contributed by atoms with Crippen LogP contribution in [0.15, 0.2) is 0 Å². The van der Waals surface area contributed by atoms with Gasteiger partial charge in [0.25, 0.3) is 0 Å². The van der Waals surface area contributed by atoms with E-state index in [4.69, 9.17) is 4.74 Å². The second kappa shape index (κ2) is 5.06. The second-order valence-electron chi connectivity index (χ2n) is 3.46. The largest absolute Gasteiger partial charge is 0.392 e. The number of piperidine rings is 1. The summed E-state index contributed by atoms with van der Waals surface area (Å²) in [6, 6.07) is 0. The number of nitrogens with zero attached hydrogens (tertiary/aromatic N) is 1. The highest BCUT2D eigenvalue weighted by Gasteiger charge is 2.27. The third-order valence-corrected chi connectivity index (χ3v) is 4.10. The van der Waals surface area contributed by atoms with E-state index in [-0.39, 0.29) is 18.9 Å².